The number of hydrogen-bond donors (Lipinski definition) is 2. The third kappa shape index (κ3) is 4.33. The molecule has 1 aromatic heterocycles. The number of allylic oxidation sites excluding steroid dienone is 3. The zero-order valence-electron chi connectivity index (χ0n) is 17.7. The van der Waals surface area contributed by atoms with Gasteiger partial charge in [-0.15, -0.1) is 0 Å². The van der Waals surface area contributed by atoms with Crippen molar-refractivity contribution in [2.24, 2.45) is 11.7 Å². The van der Waals surface area contributed by atoms with Crippen molar-refractivity contribution in [3.8, 4) is 0 Å². The van der Waals surface area contributed by atoms with Gasteiger partial charge in [-0.2, -0.15) is 5.10 Å². The number of hydrogen-bond acceptors (Lipinski definition) is 5. The van der Waals surface area contributed by atoms with Crippen LogP contribution in [0.2, 0.25) is 0 Å². The maximum Gasteiger partial charge on any atom is 0.114 e. The summed E-state index contributed by atoms with van der Waals surface area (Å²) in [6.45, 7) is 4.97. The Hall–Kier alpha value is -1.68. The molecular formula is C22H31F3N6. The lowest BCUT2D eigenvalue weighted by Crippen LogP contribution is -2.63. The number of H-pyrrole nitrogens is 1. The second-order valence-corrected chi connectivity index (χ2v) is 9.48. The third-order valence-electron chi connectivity index (χ3n) is 7.43. The monoisotopic (exact) mass is 436 g/mol. The summed E-state index contributed by atoms with van der Waals surface area (Å²) < 4.78 is 42.5. The topological polar surface area (TPSA) is 64.4 Å². The minimum absolute atomic E-state index is 0.0537. The fourth-order valence-corrected chi connectivity index (χ4v) is 5.81. The van der Waals surface area contributed by atoms with E-state index in [2.05, 4.69) is 24.9 Å². The Kier molecular flexibility index (Phi) is 5.94. The number of alkyl halides is 1. The fraction of sp³-hybridized carbons (Fsp3) is 0.682. The van der Waals surface area contributed by atoms with Crippen molar-refractivity contribution < 1.29 is 13.2 Å². The summed E-state index contributed by atoms with van der Waals surface area (Å²) in [6, 6.07) is -0.299. The van der Waals surface area contributed by atoms with Crippen LogP contribution >= 0.6 is 0 Å². The molecule has 31 heavy (non-hydrogen) atoms. The first-order chi connectivity index (χ1) is 15.0. The quantitative estimate of drug-likeness (QED) is 0.742. The third-order valence-corrected chi connectivity index (χ3v) is 7.43. The van der Waals surface area contributed by atoms with Gasteiger partial charge in [-0.1, -0.05) is 0 Å². The standard InChI is InChI=1S/C22H31F3N6/c23-15-1-2-19(25)18(7-15)22-20(26)8-17(31-10-14-9-27-28-21(14)13-31)12-30(22)6-5-29-4-3-16(24)11-29/h1-2,9,16-18,20,22H,3-8,10-13,26H2,(H,27,28). The molecule has 5 unspecified atom stereocenters. The summed E-state index contributed by atoms with van der Waals surface area (Å²) in [6.07, 6.45) is 4.93. The molecule has 0 aromatic carbocycles. The summed E-state index contributed by atoms with van der Waals surface area (Å²) >= 11 is 0. The Labute approximate surface area is 180 Å². The first-order valence-corrected chi connectivity index (χ1v) is 11.3. The van der Waals surface area contributed by atoms with Crippen molar-refractivity contribution >= 4 is 0 Å². The zero-order valence-corrected chi connectivity index (χ0v) is 17.7. The van der Waals surface area contributed by atoms with E-state index in [0.717, 1.165) is 44.8 Å². The van der Waals surface area contributed by atoms with E-state index in [1.807, 2.05) is 6.20 Å². The molecule has 0 amide bonds. The Morgan fingerprint density at radius 3 is 2.81 bits per heavy atom. The van der Waals surface area contributed by atoms with Gasteiger partial charge in [0, 0.05) is 81.8 Å². The first kappa shape index (κ1) is 21.2. The van der Waals surface area contributed by atoms with Gasteiger partial charge < -0.3 is 5.73 Å². The van der Waals surface area contributed by atoms with Crippen molar-refractivity contribution in [1.29, 1.82) is 0 Å². The molecule has 0 bridgehead atoms. The van der Waals surface area contributed by atoms with Gasteiger partial charge in [0.1, 0.15) is 17.8 Å². The average Bonchev–Trinajstić information content (AvgIpc) is 3.44. The summed E-state index contributed by atoms with van der Waals surface area (Å²) in [4.78, 5) is 6.76. The van der Waals surface area contributed by atoms with Crippen molar-refractivity contribution in [1.82, 2.24) is 24.9 Å². The number of nitrogens with one attached hydrogen (secondary N) is 1. The van der Waals surface area contributed by atoms with Crippen LogP contribution in [0, 0.1) is 5.92 Å². The minimum Gasteiger partial charge on any atom is -0.326 e. The molecule has 4 aliphatic rings. The molecule has 1 aliphatic carbocycles. The van der Waals surface area contributed by atoms with E-state index in [9.17, 15) is 13.2 Å². The van der Waals surface area contributed by atoms with Gasteiger partial charge in [0.05, 0.1) is 11.9 Å². The number of aromatic nitrogens is 2. The van der Waals surface area contributed by atoms with Crippen LogP contribution in [0.5, 0.6) is 0 Å². The summed E-state index contributed by atoms with van der Waals surface area (Å²) in [5.74, 6) is -1.16. The maximum absolute atomic E-state index is 14.8. The lowest BCUT2D eigenvalue weighted by molar-refractivity contribution is 0.0155. The first-order valence-electron chi connectivity index (χ1n) is 11.3. The maximum atomic E-state index is 14.8. The molecule has 9 heteroatoms. The predicted molar refractivity (Wildman–Crippen MR) is 112 cm³/mol. The van der Waals surface area contributed by atoms with Crippen LogP contribution in [0.25, 0.3) is 0 Å². The molecule has 0 saturated carbocycles. The van der Waals surface area contributed by atoms with Gasteiger partial charge in [0.25, 0.3) is 0 Å². The number of piperidine rings is 1. The second-order valence-electron chi connectivity index (χ2n) is 9.48. The van der Waals surface area contributed by atoms with Gasteiger partial charge in [-0.25, -0.2) is 13.2 Å². The number of aromatic amines is 1. The molecule has 0 spiro atoms. The molecular weight excluding hydrogens is 405 g/mol. The van der Waals surface area contributed by atoms with Gasteiger partial charge in [-0.05, 0) is 25.0 Å². The number of nitrogens with zero attached hydrogens (tertiary/aromatic N) is 4. The van der Waals surface area contributed by atoms with Gasteiger partial charge >= 0.3 is 0 Å². The van der Waals surface area contributed by atoms with Crippen molar-refractivity contribution in [2.45, 2.75) is 56.6 Å². The minimum atomic E-state index is -0.766. The zero-order chi connectivity index (χ0) is 21.5. The summed E-state index contributed by atoms with van der Waals surface area (Å²) in [5, 5.41) is 7.17. The lowest BCUT2D eigenvalue weighted by atomic mass is 9.80. The Morgan fingerprint density at radius 2 is 2.03 bits per heavy atom. The Morgan fingerprint density at radius 1 is 1.16 bits per heavy atom. The molecule has 1 aromatic rings. The van der Waals surface area contributed by atoms with E-state index in [1.54, 1.807) is 0 Å². The van der Waals surface area contributed by atoms with Gasteiger partial charge in [0.2, 0.25) is 0 Å². The number of halogens is 3. The van der Waals surface area contributed by atoms with Gasteiger partial charge in [-0.3, -0.25) is 19.8 Å². The highest BCUT2D eigenvalue weighted by molar-refractivity contribution is 5.24. The predicted octanol–water partition coefficient (Wildman–Crippen LogP) is 2.27. The number of rotatable bonds is 5. The highest BCUT2D eigenvalue weighted by Gasteiger charge is 2.44. The van der Waals surface area contributed by atoms with Crippen molar-refractivity contribution in [2.75, 3.05) is 32.7 Å². The van der Waals surface area contributed by atoms with Crippen molar-refractivity contribution in [3.05, 3.63) is 41.3 Å². The van der Waals surface area contributed by atoms with Crippen LogP contribution in [0.3, 0.4) is 0 Å². The molecule has 5 rings (SSSR count). The van der Waals surface area contributed by atoms with Crippen LogP contribution in [0.4, 0.5) is 13.2 Å². The smallest absolute Gasteiger partial charge is 0.114 e. The van der Waals surface area contributed by atoms with Crippen LogP contribution in [0.1, 0.15) is 30.5 Å². The summed E-state index contributed by atoms with van der Waals surface area (Å²) in [7, 11) is 0. The van der Waals surface area contributed by atoms with E-state index in [1.165, 1.54) is 17.7 Å². The van der Waals surface area contributed by atoms with E-state index in [0.29, 0.717) is 19.5 Å². The van der Waals surface area contributed by atoms with Gasteiger partial charge in [0.15, 0.2) is 0 Å². The SMILES string of the molecule is NC1CC(N2Cc3cn[nH]c3C2)CN(CCN2CCC(F)C2)C1C1CC(F)=CC=C1F. The normalized spacial score (nSPS) is 35.3. The van der Waals surface area contributed by atoms with Crippen LogP contribution in [-0.2, 0) is 13.1 Å². The number of likely N-dealkylation sites (tertiary alicyclic amines) is 2. The average molecular weight is 437 g/mol. The highest BCUT2D eigenvalue weighted by atomic mass is 19.1. The van der Waals surface area contributed by atoms with Crippen molar-refractivity contribution in [3.63, 3.8) is 0 Å². The highest BCUT2D eigenvalue weighted by Crippen LogP contribution is 2.37. The molecule has 3 N–H and O–H groups in total. The van der Waals surface area contributed by atoms with Crippen LogP contribution in [0.15, 0.2) is 30.0 Å². The Balaban J connectivity index is 1.32. The molecule has 2 fully saturated rings. The largest absolute Gasteiger partial charge is 0.326 e. The van der Waals surface area contributed by atoms with E-state index < -0.39 is 12.1 Å². The summed E-state index contributed by atoms with van der Waals surface area (Å²) in [5.41, 5.74) is 9.00. The van der Waals surface area contributed by atoms with E-state index in [-0.39, 0.29) is 36.2 Å². The lowest BCUT2D eigenvalue weighted by Gasteiger charge is -2.49. The van der Waals surface area contributed by atoms with Crippen LogP contribution < -0.4 is 5.73 Å². The molecule has 2 saturated heterocycles. The number of fused-ring (bicyclic) bond motifs is 1. The van der Waals surface area contributed by atoms with E-state index >= 15 is 0 Å². The molecule has 6 nitrogen and oxygen atoms in total. The molecule has 0 radical (unpaired) electrons. The second kappa shape index (κ2) is 8.69. The Bertz CT molecular complexity index is 834. The van der Waals surface area contributed by atoms with Crippen LogP contribution in [-0.4, -0.2) is 81.9 Å². The molecule has 5 atom stereocenters. The fourth-order valence-electron chi connectivity index (χ4n) is 5.81. The molecule has 170 valence electrons. The molecule has 3 aliphatic heterocycles. The molecule has 4 heterocycles. The number of nitrogens with two attached hydrogens (primary N) is 1. The van der Waals surface area contributed by atoms with E-state index in [4.69, 9.17) is 5.73 Å².